The number of ether oxygens (including phenoxy) is 1. The molecule has 34 heavy (non-hydrogen) atoms. The first-order valence-electron chi connectivity index (χ1n) is 11.8. The van der Waals surface area contributed by atoms with Gasteiger partial charge in [-0.1, -0.05) is 18.2 Å². The van der Waals surface area contributed by atoms with Gasteiger partial charge in [-0.2, -0.15) is 0 Å². The van der Waals surface area contributed by atoms with Crippen LogP contribution in [0.1, 0.15) is 34.7 Å². The molecular weight excluding hydrogens is 510 g/mol. The minimum Gasteiger partial charge on any atom is -0.379 e. The molecule has 2 fully saturated rings. The van der Waals surface area contributed by atoms with E-state index in [9.17, 15) is 0 Å². The average molecular weight is 541 g/mol. The maximum Gasteiger partial charge on any atom is 0.170 e. The molecule has 0 spiro atoms. The Kier molecular flexibility index (Phi) is 7.01. The number of benzene rings is 1. The number of rotatable bonds is 6. The lowest BCUT2D eigenvalue weighted by Gasteiger charge is -2.32. The van der Waals surface area contributed by atoms with Gasteiger partial charge in [0.1, 0.15) is 0 Å². The fraction of sp³-hybridized carbons (Fsp3) is 0.385. The highest BCUT2D eigenvalue weighted by Gasteiger charge is 2.41. The fourth-order valence-corrected chi connectivity index (χ4v) is 5.94. The first kappa shape index (κ1) is 23.5. The number of nitrogens with one attached hydrogen (secondary N) is 1. The molecule has 178 valence electrons. The summed E-state index contributed by atoms with van der Waals surface area (Å²) in [4.78, 5) is 9.51. The number of hydrogen-bond acceptors (Lipinski definition) is 4. The number of hydrogen-bond donors (Lipinski definition) is 1. The van der Waals surface area contributed by atoms with Crippen LogP contribution < -0.4 is 5.32 Å². The lowest BCUT2D eigenvalue weighted by Crippen LogP contribution is -2.42. The van der Waals surface area contributed by atoms with E-state index in [1.165, 1.54) is 17.0 Å². The van der Waals surface area contributed by atoms with Gasteiger partial charge in [-0.15, -0.1) is 0 Å². The maximum atomic E-state index is 5.89. The Morgan fingerprint density at radius 3 is 2.59 bits per heavy atom. The monoisotopic (exact) mass is 539 g/mol. The molecule has 8 heteroatoms. The first-order valence-corrected chi connectivity index (χ1v) is 13.0. The number of thiocarbonyl (C=S) groups is 1. The molecule has 0 aliphatic carbocycles. The number of halogens is 1. The van der Waals surface area contributed by atoms with E-state index in [0.29, 0.717) is 0 Å². The van der Waals surface area contributed by atoms with Crippen LogP contribution in [0.5, 0.6) is 0 Å². The van der Waals surface area contributed by atoms with E-state index in [1.54, 1.807) is 0 Å². The molecule has 0 unspecified atom stereocenters. The number of morpholine rings is 1. The van der Waals surface area contributed by atoms with Gasteiger partial charge in [0.05, 0.1) is 36.7 Å². The van der Waals surface area contributed by atoms with Gasteiger partial charge in [-0.3, -0.25) is 9.88 Å². The minimum absolute atomic E-state index is 0.00782. The Morgan fingerprint density at radius 1 is 1.09 bits per heavy atom. The Morgan fingerprint density at radius 2 is 1.85 bits per heavy atom. The topological polar surface area (TPSA) is 45.6 Å². The Hall–Kier alpha value is -2.26. The van der Waals surface area contributed by atoms with Crippen molar-refractivity contribution in [3.05, 3.63) is 81.8 Å². The first-order chi connectivity index (χ1) is 16.5. The molecule has 2 aromatic heterocycles. The van der Waals surface area contributed by atoms with Gasteiger partial charge in [0.15, 0.2) is 5.11 Å². The Labute approximate surface area is 215 Å². The van der Waals surface area contributed by atoms with Gasteiger partial charge in [0.2, 0.25) is 0 Å². The molecule has 2 saturated heterocycles. The van der Waals surface area contributed by atoms with E-state index in [1.807, 2.05) is 24.4 Å². The van der Waals surface area contributed by atoms with Crippen LogP contribution in [0, 0.1) is 13.8 Å². The van der Waals surface area contributed by atoms with Crippen LogP contribution in [0.15, 0.2) is 59.2 Å². The second-order valence-corrected chi connectivity index (χ2v) is 10.1. The maximum absolute atomic E-state index is 5.89. The van der Waals surface area contributed by atoms with Crippen LogP contribution >= 0.6 is 28.1 Å². The van der Waals surface area contributed by atoms with Crippen molar-refractivity contribution >= 4 is 33.3 Å². The van der Waals surface area contributed by atoms with Gasteiger partial charge in [-0.05, 0) is 77.9 Å². The second-order valence-electron chi connectivity index (χ2n) is 8.89. The summed E-state index contributed by atoms with van der Waals surface area (Å²) in [7, 11) is 0. The fourth-order valence-electron chi connectivity index (χ4n) is 5.15. The lowest BCUT2D eigenvalue weighted by atomic mass is 9.96. The predicted octanol–water partition coefficient (Wildman–Crippen LogP) is 4.56. The molecule has 0 amide bonds. The number of aromatic nitrogens is 2. The molecule has 2 atom stereocenters. The molecule has 2 aliphatic rings. The van der Waals surface area contributed by atoms with Crippen molar-refractivity contribution in [2.45, 2.75) is 25.9 Å². The Bertz CT molecular complexity index is 1160. The van der Waals surface area contributed by atoms with E-state index in [4.69, 9.17) is 21.9 Å². The van der Waals surface area contributed by atoms with E-state index < -0.39 is 0 Å². The zero-order valence-electron chi connectivity index (χ0n) is 19.6. The van der Waals surface area contributed by atoms with E-state index >= 15 is 0 Å². The van der Waals surface area contributed by atoms with Gasteiger partial charge in [0.25, 0.3) is 0 Å². The van der Waals surface area contributed by atoms with Gasteiger partial charge in [-0.25, -0.2) is 0 Å². The Balaban J connectivity index is 1.53. The summed E-state index contributed by atoms with van der Waals surface area (Å²) < 4.78 is 8.94. The standard InChI is InChI=1S/C26H30BrN5OS/c1-18-17-20(19(2)32(18)23-9-4-3-7-21(23)27)25-24(22-8-5-6-10-28-22)29-26(34)31(25)12-11-30-13-15-33-16-14-30/h3-10,17,24-25H,11-16H2,1-2H3,(H,29,34)/t24-,25+/m1/s1. The molecule has 2 aliphatic heterocycles. The summed E-state index contributed by atoms with van der Waals surface area (Å²) in [5.41, 5.74) is 5.85. The molecule has 5 rings (SSSR count). The highest BCUT2D eigenvalue weighted by Crippen LogP contribution is 2.41. The molecule has 0 bridgehead atoms. The van der Waals surface area contributed by atoms with Crippen molar-refractivity contribution < 1.29 is 4.74 Å². The summed E-state index contributed by atoms with van der Waals surface area (Å²) in [6.07, 6.45) is 1.86. The van der Waals surface area contributed by atoms with Crippen molar-refractivity contribution in [1.29, 1.82) is 0 Å². The van der Waals surface area contributed by atoms with Gasteiger partial charge in [0, 0.05) is 48.2 Å². The largest absolute Gasteiger partial charge is 0.379 e. The van der Waals surface area contributed by atoms with Crippen LogP contribution in [-0.2, 0) is 4.74 Å². The molecule has 1 N–H and O–H groups in total. The molecule has 6 nitrogen and oxygen atoms in total. The molecule has 0 saturated carbocycles. The molecule has 0 radical (unpaired) electrons. The van der Waals surface area contributed by atoms with Crippen molar-refractivity contribution in [2.24, 2.45) is 0 Å². The quantitative estimate of drug-likeness (QED) is 0.463. The zero-order chi connectivity index (χ0) is 23.7. The average Bonchev–Trinajstić information content (AvgIpc) is 3.34. The third-order valence-corrected chi connectivity index (χ3v) is 7.86. The van der Waals surface area contributed by atoms with E-state index in [-0.39, 0.29) is 12.1 Å². The highest BCUT2D eigenvalue weighted by atomic mass is 79.9. The summed E-state index contributed by atoms with van der Waals surface area (Å²) >= 11 is 9.63. The third kappa shape index (κ3) is 4.52. The lowest BCUT2D eigenvalue weighted by molar-refractivity contribution is 0.0350. The highest BCUT2D eigenvalue weighted by molar-refractivity contribution is 9.10. The van der Waals surface area contributed by atoms with Crippen molar-refractivity contribution in [3.63, 3.8) is 0 Å². The van der Waals surface area contributed by atoms with Crippen molar-refractivity contribution in [1.82, 2.24) is 24.7 Å². The van der Waals surface area contributed by atoms with Gasteiger partial charge >= 0.3 is 0 Å². The zero-order valence-corrected chi connectivity index (χ0v) is 22.0. The third-order valence-electron chi connectivity index (χ3n) is 6.84. The van der Waals surface area contributed by atoms with Crippen molar-refractivity contribution in [3.8, 4) is 5.69 Å². The van der Waals surface area contributed by atoms with E-state index in [2.05, 4.69) is 79.8 Å². The minimum atomic E-state index is -0.00782. The molecular formula is C26H30BrN5OS. The number of pyridine rings is 1. The summed E-state index contributed by atoms with van der Waals surface area (Å²) in [5.74, 6) is 0. The normalized spacial score (nSPS) is 21.1. The molecule has 4 heterocycles. The number of aryl methyl sites for hydroxylation is 1. The molecule has 1 aromatic carbocycles. The summed E-state index contributed by atoms with van der Waals surface area (Å²) in [6, 6.07) is 16.8. The van der Waals surface area contributed by atoms with Crippen molar-refractivity contribution in [2.75, 3.05) is 39.4 Å². The smallest absolute Gasteiger partial charge is 0.170 e. The molecule has 3 aromatic rings. The van der Waals surface area contributed by atoms with Crippen LogP contribution in [0.3, 0.4) is 0 Å². The SMILES string of the molecule is Cc1cc([C@H]2[C@@H](c3ccccn3)NC(=S)N2CCN2CCOCC2)c(C)n1-c1ccccc1Br. The number of nitrogens with zero attached hydrogens (tertiary/aromatic N) is 4. The van der Waals surface area contributed by atoms with Crippen LogP contribution in [-0.4, -0.2) is 63.9 Å². The predicted molar refractivity (Wildman–Crippen MR) is 142 cm³/mol. The van der Waals surface area contributed by atoms with Crippen LogP contribution in [0.4, 0.5) is 0 Å². The summed E-state index contributed by atoms with van der Waals surface area (Å²) in [5, 5.41) is 4.39. The van der Waals surface area contributed by atoms with Gasteiger partial charge < -0.3 is 19.5 Å². The second kappa shape index (κ2) is 10.2. The van der Waals surface area contributed by atoms with Crippen LogP contribution in [0.25, 0.3) is 5.69 Å². The summed E-state index contributed by atoms with van der Waals surface area (Å²) in [6.45, 7) is 9.74. The van der Waals surface area contributed by atoms with E-state index in [0.717, 1.165) is 60.4 Å². The van der Waals surface area contributed by atoms with Crippen LogP contribution in [0.2, 0.25) is 0 Å². The number of para-hydroxylation sites is 1.